The molecule has 6 nitrogen and oxygen atoms in total. The van der Waals surface area contributed by atoms with Crippen LogP contribution < -0.4 is 0 Å². The molecule has 7 heteroatoms. The van der Waals surface area contributed by atoms with Gasteiger partial charge in [0.1, 0.15) is 11.0 Å². The van der Waals surface area contributed by atoms with E-state index in [-0.39, 0.29) is 0 Å². The van der Waals surface area contributed by atoms with E-state index in [1.807, 2.05) is 85.8 Å². The van der Waals surface area contributed by atoms with Crippen LogP contribution in [0.2, 0.25) is 0 Å². The van der Waals surface area contributed by atoms with Crippen molar-refractivity contribution in [3.05, 3.63) is 236 Å². The Bertz CT molecular complexity index is 4000. The Hall–Kier alpha value is -9.04. The maximum Gasteiger partial charge on any atom is 0.160 e. The normalized spacial score (nSPS) is 11.9. The Kier molecular flexibility index (Phi) is 11.0. The molecular formula is C63H42N6S. The fourth-order valence-electron chi connectivity index (χ4n) is 9.26. The molecule has 0 N–H and O–H groups in total. The van der Waals surface area contributed by atoms with Crippen LogP contribution >= 0.6 is 11.3 Å². The number of hydrogen-bond donors (Lipinski definition) is 0. The number of nitrogens with zero attached hydrogens (tertiary/aromatic N) is 6. The van der Waals surface area contributed by atoms with E-state index in [4.69, 9.17) is 29.9 Å². The lowest BCUT2D eigenvalue weighted by atomic mass is 9.96. The molecule has 0 fully saturated rings. The van der Waals surface area contributed by atoms with Gasteiger partial charge in [0, 0.05) is 54.8 Å². The van der Waals surface area contributed by atoms with Crippen molar-refractivity contribution >= 4 is 60.5 Å². The minimum Gasteiger partial charge on any atom is -0.245 e. The second kappa shape index (κ2) is 18.2. The zero-order valence-electron chi connectivity index (χ0n) is 38.2. The van der Waals surface area contributed by atoms with Crippen LogP contribution in [0.3, 0.4) is 0 Å². The lowest BCUT2D eigenvalue weighted by Crippen LogP contribution is -2.00. The monoisotopic (exact) mass is 914 g/mol. The predicted molar refractivity (Wildman–Crippen MR) is 292 cm³/mol. The molecule has 0 aliphatic rings. The summed E-state index contributed by atoms with van der Waals surface area (Å²) in [4.78, 5) is 33.3. The van der Waals surface area contributed by atoms with Gasteiger partial charge in [0.25, 0.3) is 0 Å². The number of pyridine rings is 2. The molecule has 0 radical (unpaired) electrons. The van der Waals surface area contributed by atoms with Crippen molar-refractivity contribution in [1.29, 1.82) is 0 Å². The summed E-state index contributed by atoms with van der Waals surface area (Å²) in [5, 5.41) is 6.00. The highest BCUT2D eigenvalue weighted by atomic mass is 32.1. The first-order valence-corrected chi connectivity index (χ1v) is 24.1. The Morgan fingerprint density at radius 2 is 0.886 bits per heavy atom. The number of benzene rings is 7. The zero-order chi connectivity index (χ0) is 47.0. The number of allylic oxidation sites excluding steroid dienone is 5. The molecule has 0 amide bonds. The first kappa shape index (κ1) is 42.3. The fraction of sp³-hybridized carbons (Fsp3) is 0.0159. The van der Waals surface area contributed by atoms with E-state index in [1.165, 1.54) is 0 Å². The maximum absolute atomic E-state index is 5.42. The van der Waals surface area contributed by atoms with Gasteiger partial charge in [0.15, 0.2) is 11.6 Å². The second-order valence-corrected chi connectivity index (χ2v) is 17.9. The Labute approximate surface area is 409 Å². The predicted octanol–water partition coefficient (Wildman–Crippen LogP) is 16.5. The van der Waals surface area contributed by atoms with Gasteiger partial charge in [-0.3, -0.25) is 0 Å². The second-order valence-electron chi connectivity index (χ2n) is 17.0. The molecule has 0 saturated carbocycles. The lowest BCUT2D eigenvalue weighted by molar-refractivity contribution is 1.17. The molecule has 12 aromatic rings. The largest absolute Gasteiger partial charge is 0.245 e. The van der Waals surface area contributed by atoms with Gasteiger partial charge in [-0.1, -0.05) is 195 Å². The van der Waals surface area contributed by atoms with Crippen LogP contribution in [0.15, 0.2) is 230 Å². The molecule has 12 rings (SSSR count). The molecule has 330 valence electrons. The third-order valence-corrected chi connectivity index (χ3v) is 13.6. The highest BCUT2D eigenvalue weighted by molar-refractivity contribution is 7.14. The van der Waals surface area contributed by atoms with Crippen molar-refractivity contribution in [2.45, 2.75) is 6.92 Å². The maximum atomic E-state index is 5.42. The summed E-state index contributed by atoms with van der Waals surface area (Å²) in [6.07, 6.45) is 7.80. The Morgan fingerprint density at radius 1 is 0.429 bits per heavy atom. The third kappa shape index (κ3) is 7.74. The minimum atomic E-state index is 0.559. The topological polar surface area (TPSA) is 77.3 Å². The van der Waals surface area contributed by atoms with Crippen LogP contribution in [0, 0.1) is 0 Å². The molecule has 0 saturated heterocycles. The van der Waals surface area contributed by atoms with Gasteiger partial charge in [-0.2, -0.15) is 0 Å². The van der Waals surface area contributed by atoms with E-state index < -0.39 is 0 Å². The van der Waals surface area contributed by atoms with Gasteiger partial charge in [-0.25, -0.2) is 29.9 Å². The summed E-state index contributed by atoms with van der Waals surface area (Å²) < 4.78 is 0. The Balaban J connectivity index is 1.11. The highest BCUT2D eigenvalue weighted by Crippen LogP contribution is 2.43. The fourth-order valence-corrected chi connectivity index (χ4v) is 10.2. The van der Waals surface area contributed by atoms with Crippen LogP contribution in [0.1, 0.15) is 12.7 Å². The van der Waals surface area contributed by atoms with E-state index in [2.05, 4.69) is 151 Å². The van der Waals surface area contributed by atoms with E-state index in [0.29, 0.717) is 11.6 Å². The first-order valence-electron chi connectivity index (χ1n) is 23.2. The van der Waals surface area contributed by atoms with E-state index in [1.54, 1.807) is 11.3 Å². The first-order chi connectivity index (χ1) is 34.6. The van der Waals surface area contributed by atoms with Crippen molar-refractivity contribution in [1.82, 2.24) is 29.9 Å². The van der Waals surface area contributed by atoms with E-state index in [9.17, 15) is 0 Å². The minimum absolute atomic E-state index is 0.559. The van der Waals surface area contributed by atoms with Gasteiger partial charge in [-0.05, 0) is 59.5 Å². The van der Waals surface area contributed by atoms with Gasteiger partial charge >= 0.3 is 0 Å². The molecule has 70 heavy (non-hydrogen) atoms. The summed E-state index contributed by atoms with van der Waals surface area (Å²) >= 11 is 1.63. The Morgan fingerprint density at radius 3 is 1.40 bits per heavy atom. The molecule has 5 aromatic heterocycles. The van der Waals surface area contributed by atoms with Crippen LogP contribution in [0.5, 0.6) is 0 Å². The molecule has 0 aliphatic heterocycles. The molecular weight excluding hydrogens is 873 g/mol. The molecule has 5 heterocycles. The average Bonchev–Trinajstić information content (AvgIpc) is 3.93. The van der Waals surface area contributed by atoms with Crippen molar-refractivity contribution in [2.75, 3.05) is 0 Å². The standard InChI is InChI=1S/C63H42N6S/c1-3-5-21-40(4-2)62-66-56(49-34-32-47-51(41-22-11-6-12-23-41)37-53(43-26-15-8-16-27-43)64-58(47)60(49)68-62)46-36-55(70-39-46)57-50-35-33-48-52(42-24-13-7-14-25-42)38-54(44-28-17-9-18-29-44)65-59(48)61(50)69-63(67-57)45-30-19-10-20-31-45/h3-39H,2H2,1H3/b5-3-,40-21+. The van der Waals surface area contributed by atoms with Gasteiger partial charge in [-0.15, -0.1) is 11.3 Å². The van der Waals surface area contributed by atoms with Gasteiger partial charge in [0.2, 0.25) is 0 Å². The van der Waals surface area contributed by atoms with Crippen molar-refractivity contribution in [2.24, 2.45) is 0 Å². The zero-order valence-corrected chi connectivity index (χ0v) is 39.0. The SMILES string of the molecule is C=C/C(=C\C=C/C)c1nc(-c2csc(-c3nc(-c4ccccc4)nc4c3ccc3c(-c5ccccc5)cc(-c5ccccc5)nc34)c2)c2ccc3c(-c4ccccc4)cc(-c4ccccc4)nc3c2n1. The number of fused-ring (bicyclic) bond motifs is 6. The molecule has 0 bridgehead atoms. The summed E-state index contributed by atoms with van der Waals surface area (Å²) in [7, 11) is 0. The average molecular weight is 915 g/mol. The number of aromatic nitrogens is 6. The smallest absolute Gasteiger partial charge is 0.160 e. The molecule has 0 spiro atoms. The third-order valence-electron chi connectivity index (χ3n) is 12.7. The van der Waals surface area contributed by atoms with Crippen molar-refractivity contribution in [3.8, 4) is 78.0 Å². The highest BCUT2D eigenvalue weighted by Gasteiger charge is 2.22. The quantitative estimate of drug-likeness (QED) is 0.100. The summed E-state index contributed by atoms with van der Waals surface area (Å²) in [5.74, 6) is 1.18. The van der Waals surface area contributed by atoms with Crippen molar-refractivity contribution < 1.29 is 0 Å². The van der Waals surface area contributed by atoms with Crippen LogP contribution in [-0.2, 0) is 0 Å². The molecule has 0 aliphatic carbocycles. The molecule has 7 aromatic carbocycles. The van der Waals surface area contributed by atoms with Crippen molar-refractivity contribution in [3.63, 3.8) is 0 Å². The number of thiophene rings is 1. The van der Waals surface area contributed by atoms with Crippen LogP contribution in [0.4, 0.5) is 0 Å². The summed E-state index contributed by atoms with van der Waals surface area (Å²) in [6.45, 7) is 6.19. The van der Waals surface area contributed by atoms with E-state index in [0.717, 1.165) is 121 Å². The molecule has 0 atom stereocenters. The summed E-state index contributed by atoms with van der Waals surface area (Å²) in [5.41, 5.74) is 15.6. The molecule has 0 unspecified atom stereocenters. The van der Waals surface area contributed by atoms with Crippen LogP contribution in [-0.4, -0.2) is 29.9 Å². The van der Waals surface area contributed by atoms with Crippen LogP contribution in [0.25, 0.3) is 127 Å². The lowest BCUT2D eigenvalue weighted by Gasteiger charge is -2.15. The van der Waals surface area contributed by atoms with Gasteiger partial charge in [0.05, 0.1) is 38.7 Å². The summed E-state index contributed by atoms with van der Waals surface area (Å²) in [6, 6.07) is 67.1. The van der Waals surface area contributed by atoms with Gasteiger partial charge < -0.3 is 0 Å². The number of rotatable bonds is 10. The van der Waals surface area contributed by atoms with E-state index >= 15 is 0 Å². The number of hydrogen-bond acceptors (Lipinski definition) is 7.